The van der Waals surface area contributed by atoms with E-state index in [1.54, 1.807) is 30.5 Å². The van der Waals surface area contributed by atoms with Gasteiger partial charge < -0.3 is 9.47 Å². The fourth-order valence-electron chi connectivity index (χ4n) is 1.67. The summed E-state index contributed by atoms with van der Waals surface area (Å²) in [5, 5.41) is 8.68. The van der Waals surface area contributed by atoms with Crippen molar-refractivity contribution >= 4 is 0 Å². The molecule has 102 valence electrons. The van der Waals surface area contributed by atoms with Crippen LogP contribution in [0.1, 0.15) is 11.3 Å². The lowest BCUT2D eigenvalue weighted by molar-refractivity contribution is 0.102. The van der Waals surface area contributed by atoms with Gasteiger partial charge in [-0.1, -0.05) is 6.07 Å². The first kappa shape index (κ1) is 14.0. The molecular weight excluding hydrogens is 252 g/mol. The average Bonchev–Trinajstić information content (AvgIpc) is 2.52. The van der Waals surface area contributed by atoms with E-state index in [1.165, 1.54) is 0 Å². The molecule has 4 nitrogen and oxygen atoms in total. The molecule has 1 aromatic carbocycles. The van der Waals surface area contributed by atoms with Crippen LogP contribution in [0.2, 0.25) is 0 Å². The lowest BCUT2D eigenvalue weighted by atomic mass is 10.2. The average molecular weight is 268 g/mol. The minimum Gasteiger partial charge on any atom is -0.491 e. The molecule has 0 atom stereocenters. The van der Waals surface area contributed by atoms with Crippen LogP contribution in [0, 0.1) is 11.3 Å². The molecule has 2 aromatic rings. The number of ether oxygens (including phenoxy) is 2. The summed E-state index contributed by atoms with van der Waals surface area (Å²) >= 11 is 0. The Balaban J connectivity index is 1.58. The van der Waals surface area contributed by atoms with Crippen molar-refractivity contribution in [3.8, 4) is 11.8 Å². The second kappa shape index (κ2) is 7.93. The number of aromatic nitrogens is 1. The molecule has 0 spiro atoms. The Labute approximate surface area is 118 Å². The van der Waals surface area contributed by atoms with Gasteiger partial charge in [-0.05, 0) is 36.4 Å². The van der Waals surface area contributed by atoms with Gasteiger partial charge in [-0.15, -0.1) is 0 Å². The van der Waals surface area contributed by atoms with Crippen molar-refractivity contribution < 1.29 is 9.47 Å². The molecule has 0 aliphatic heterocycles. The smallest absolute Gasteiger partial charge is 0.119 e. The van der Waals surface area contributed by atoms with Gasteiger partial charge >= 0.3 is 0 Å². The van der Waals surface area contributed by atoms with Crippen LogP contribution in [0.5, 0.6) is 5.75 Å². The maximum Gasteiger partial charge on any atom is 0.119 e. The van der Waals surface area contributed by atoms with Gasteiger partial charge in [0, 0.05) is 18.3 Å². The predicted molar refractivity (Wildman–Crippen MR) is 75.4 cm³/mol. The van der Waals surface area contributed by atoms with E-state index in [9.17, 15) is 0 Å². The number of rotatable bonds is 7. The summed E-state index contributed by atoms with van der Waals surface area (Å²) in [7, 11) is 0. The van der Waals surface area contributed by atoms with Crippen molar-refractivity contribution in [1.29, 1.82) is 5.26 Å². The predicted octanol–water partition coefficient (Wildman–Crippen LogP) is 2.59. The van der Waals surface area contributed by atoms with Gasteiger partial charge in [0.2, 0.25) is 0 Å². The first-order valence-electron chi connectivity index (χ1n) is 6.49. The normalized spacial score (nSPS) is 9.95. The Morgan fingerprint density at radius 3 is 2.55 bits per heavy atom. The molecule has 0 fully saturated rings. The summed E-state index contributed by atoms with van der Waals surface area (Å²) in [6.45, 7) is 1.66. The van der Waals surface area contributed by atoms with Crippen LogP contribution in [0.25, 0.3) is 0 Å². The second-order valence-electron chi connectivity index (χ2n) is 4.17. The van der Waals surface area contributed by atoms with E-state index >= 15 is 0 Å². The number of benzene rings is 1. The third kappa shape index (κ3) is 4.71. The van der Waals surface area contributed by atoms with Crippen molar-refractivity contribution in [2.45, 2.75) is 6.42 Å². The van der Waals surface area contributed by atoms with E-state index < -0.39 is 0 Å². The number of nitriles is 1. The Morgan fingerprint density at radius 1 is 1.00 bits per heavy atom. The lowest BCUT2D eigenvalue weighted by Crippen LogP contribution is -2.09. The minimum absolute atomic E-state index is 0.494. The van der Waals surface area contributed by atoms with E-state index in [1.807, 2.05) is 18.2 Å². The number of hydrogen-bond acceptors (Lipinski definition) is 4. The molecule has 0 bridgehead atoms. The van der Waals surface area contributed by atoms with Crippen LogP contribution >= 0.6 is 0 Å². The van der Waals surface area contributed by atoms with E-state index in [2.05, 4.69) is 11.1 Å². The fraction of sp³-hybridized carbons (Fsp3) is 0.250. The molecule has 4 heteroatoms. The zero-order valence-electron chi connectivity index (χ0n) is 11.2. The second-order valence-corrected chi connectivity index (χ2v) is 4.17. The summed E-state index contributed by atoms with van der Waals surface area (Å²) in [5.41, 5.74) is 1.66. The molecule has 0 N–H and O–H groups in total. The van der Waals surface area contributed by atoms with Crippen molar-refractivity contribution in [2.24, 2.45) is 0 Å². The van der Waals surface area contributed by atoms with Crippen molar-refractivity contribution in [1.82, 2.24) is 4.98 Å². The maximum atomic E-state index is 8.68. The molecule has 1 heterocycles. The molecule has 0 aliphatic carbocycles. The highest BCUT2D eigenvalue weighted by Crippen LogP contribution is 2.11. The van der Waals surface area contributed by atoms with Gasteiger partial charge in [-0.3, -0.25) is 4.98 Å². The first-order valence-corrected chi connectivity index (χ1v) is 6.49. The molecule has 0 saturated heterocycles. The van der Waals surface area contributed by atoms with Gasteiger partial charge in [-0.2, -0.15) is 5.26 Å². The van der Waals surface area contributed by atoms with Crippen LogP contribution in [0.4, 0.5) is 0 Å². The SMILES string of the molecule is N#Cc1ccc(OCCOCCc2ccccn2)cc1. The molecule has 20 heavy (non-hydrogen) atoms. The summed E-state index contributed by atoms with van der Waals surface area (Å²) in [5.74, 6) is 0.748. The molecule has 0 radical (unpaired) electrons. The number of nitrogens with zero attached hydrogens (tertiary/aromatic N) is 2. The zero-order chi connectivity index (χ0) is 14.0. The summed E-state index contributed by atoms with van der Waals surface area (Å²) in [4.78, 5) is 4.22. The van der Waals surface area contributed by atoms with Crippen LogP contribution in [-0.4, -0.2) is 24.8 Å². The van der Waals surface area contributed by atoms with Gasteiger partial charge in [-0.25, -0.2) is 0 Å². The maximum absolute atomic E-state index is 8.68. The van der Waals surface area contributed by atoms with Crippen LogP contribution in [0.15, 0.2) is 48.7 Å². The summed E-state index contributed by atoms with van der Waals surface area (Å²) in [6, 6.07) is 15.0. The number of pyridine rings is 1. The summed E-state index contributed by atoms with van der Waals surface area (Å²) in [6.07, 6.45) is 2.58. The Hall–Kier alpha value is -2.38. The summed E-state index contributed by atoms with van der Waals surface area (Å²) < 4.78 is 11.0. The topological polar surface area (TPSA) is 55.1 Å². The first-order chi connectivity index (χ1) is 9.88. The van der Waals surface area contributed by atoms with Crippen molar-refractivity contribution in [3.63, 3.8) is 0 Å². The quantitative estimate of drug-likeness (QED) is 0.724. The van der Waals surface area contributed by atoms with E-state index in [4.69, 9.17) is 14.7 Å². The Morgan fingerprint density at radius 2 is 1.85 bits per heavy atom. The molecule has 2 rings (SSSR count). The molecule has 0 aliphatic rings. The largest absolute Gasteiger partial charge is 0.491 e. The molecule has 0 unspecified atom stereocenters. The highest BCUT2D eigenvalue weighted by molar-refractivity contribution is 5.34. The van der Waals surface area contributed by atoms with Gasteiger partial charge in [0.1, 0.15) is 12.4 Å². The third-order valence-corrected chi connectivity index (χ3v) is 2.71. The van der Waals surface area contributed by atoms with E-state index in [0.717, 1.165) is 17.9 Å². The van der Waals surface area contributed by atoms with Crippen LogP contribution in [-0.2, 0) is 11.2 Å². The van der Waals surface area contributed by atoms with E-state index in [0.29, 0.717) is 25.4 Å². The highest BCUT2D eigenvalue weighted by Gasteiger charge is 1.96. The standard InChI is InChI=1S/C16H16N2O2/c17-13-14-4-6-16(7-5-14)20-12-11-19-10-8-15-3-1-2-9-18-15/h1-7,9H,8,10-12H2. The highest BCUT2D eigenvalue weighted by atomic mass is 16.5. The number of hydrogen-bond donors (Lipinski definition) is 0. The Kier molecular flexibility index (Phi) is 5.56. The Bertz CT molecular complexity index is 547. The van der Waals surface area contributed by atoms with Gasteiger partial charge in [0.25, 0.3) is 0 Å². The van der Waals surface area contributed by atoms with Crippen LogP contribution < -0.4 is 4.74 Å². The monoisotopic (exact) mass is 268 g/mol. The van der Waals surface area contributed by atoms with E-state index in [-0.39, 0.29) is 0 Å². The lowest BCUT2D eigenvalue weighted by Gasteiger charge is -2.07. The van der Waals surface area contributed by atoms with Gasteiger partial charge in [0.05, 0.1) is 24.8 Å². The zero-order valence-corrected chi connectivity index (χ0v) is 11.2. The molecule has 1 aromatic heterocycles. The minimum atomic E-state index is 0.494. The fourth-order valence-corrected chi connectivity index (χ4v) is 1.67. The van der Waals surface area contributed by atoms with Crippen LogP contribution in [0.3, 0.4) is 0 Å². The van der Waals surface area contributed by atoms with Crippen molar-refractivity contribution in [2.75, 3.05) is 19.8 Å². The molecular formula is C16H16N2O2. The molecule has 0 amide bonds. The van der Waals surface area contributed by atoms with Crippen molar-refractivity contribution in [3.05, 3.63) is 59.9 Å². The van der Waals surface area contributed by atoms with Gasteiger partial charge in [0.15, 0.2) is 0 Å². The third-order valence-electron chi connectivity index (χ3n) is 2.71. The molecule has 0 saturated carbocycles.